The first-order valence-electron chi connectivity index (χ1n) is 7.36. The first-order valence-corrected chi connectivity index (χ1v) is 7.36. The summed E-state index contributed by atoms with van der Waals surface area (Å²) in [4.78, 5) is 23.6. The van der Waals surface area contributed by atoms with Crippen molar-refractivity contribution >= 4 is 11.8 Å². The van der Waals surface area contributed by atoms with Crippen LogP contribution in [0.4, 0.5) is 0 Å². The van der Waals surface area contributed by atoms with Crippen LogP contribution in [0.15, 0.2) is 34.7 Å². The summed E-state index contributed by atoms with van der Waals surface area (Å²) in [5.41, 5.74) is 6.50. The zero-order valence-electron chi connectivity index (χ0n) is 13.8. The minimum absolute atomic E-state index is 0.0813. The lowest BCUT2D eigenvalue weighted by Gasteiger charge is -2.10. The lowest BCUT2D eigenvalue weighted by atomic mass is 10.1. The van der Waals surface area contributed by atoms with Gasteiger partial charge in [0.1, 0.15) is 18.1 Å². The van der Waals surface area contributed by atoms with Crippen molar-refractivity contribution < 1.29 is 23.5 Å². The van der Waals surface area contributed by atoms with Gasteiger partial charge in [0.05, 0.1) is 0 Å². The maximum absolute atomic E-state index is 11.8. The van der Waals surface area contributed by atoms with Crippen molar-refractivity contribution in [1.29, 1.82) is 0 Å². The fourth-order valence-corrected chi connectivity index (χ4v) is 1.95. The molecule has 0 saturated heterocycles. The van der Waals surface area contributed by atoms with Crippen molar-refractivity contribution in [2.45, 2.75) is 20.5 Å². The average Bonchev–Trinajstić information content (AvgIpc) is 3.02. The second-order valence-electron chi connectivity index (χ2n) is 5.26. The number of aryl methyl sites for hydroxylation is 2. The van der Waals surface area contributed by atoms with E-state index < -0.39 is 11.8 Å². The topological polar surface area (TPSA) is 89.8 Å². The van der Waals surface area contributed by atoms with Crippen LogP contribution in [0, 0.1) is 13.8 Å². The van der Waals surface area contributed by atoms with E-state index in [1.807, 2.05) is 32.0 Å². The Morgan fingerprint density at radius 3 is 2.67 bits per heavy atom. The quantitative estimate of drug-likeness (QED) is 0.789. The van der Waals surface area contributed by atoms with Crippen LogP contribution < -0.4 is 15.6 Å². The monoisotopic (exact) mass is 332 g/mol. The Labute approximate surface area is 139 Å². The smallest absolute Gasteiger partial charge is 0.305 e. The lowest BCUT2D eigenvalue weighted by molar-refractivity contribution is -0.123. The number of methoxy groups -OCH3 is 1. The molecular weight excluding hydrogens is 312 g/mol. The summed E-state index contributed by atoms with van der Waals surface area (Å²) in [5, 5.41) is 0. The summed E-state index contributed by atoms with van der Waals surface area (Å²) >= 11 is 0. The summed E-state index contributed by atoms with van der Waals surface area (Å²) in [7, 11) is 1.53. The van der Waals surface area contributed by atoms with Gasteiger partial charge in [-0.1, -0.05) is 12.1 Å². The number of amides is 2. The molecule has 0 bridgehead atoms. The number of hydrazine groups is 1. The number of carbonyl (C=O) groups excluding carboxylic acids is 2. The fraction of sp³-hybridized carbons (Fsp3) is 0.294. The summed E-state index contributed by atoms with van der Waals surface area (Å²) < 4.78 is 15.6. The molecule has 0 aliphatic carbocycles. The molecule has 1 aromatic carbocycles. The third-order valence-electron chi connectivity index (χ3n) is 3.19. The van der Waals surface area contributed by atoms with Gasteiger partial charge in [-0.25, -0.2) is 0 Å². The molecule has 2 amide bonds. The van der Waals surface area contributed by atoms with E-state index >= 15 is 0 Å². The van der Waals surface area contributed by atoms with Crippen LogP contribution in [0.2, 0.25) is 0 Å². The normalized spacial score (nSPS) is 10.3. The van der Waals surface area contributed by atoms with Crippen LogP contribution in [0.5, 0.6) is 5.75 Å². The van der Waals surface area contributed by atoms with Gasteiger partial charge in [-0.2, -0.15) is 0 Å². The third-order valence-corrected chi connectivity index (χ3v) is 3.19. The summed E-state index contributed by atoms with van der Waals surface area (Å²) in [6, 6.07) is 8.86. The van der Waals surface area contributed by atoms with Crippen LogP contribution in [0.1, 0.15) is 27.4 Å². The van der Waals surface area contributed by atoms with Crippen LogP contribution >= 0.6 is 0 Å². The number of benzene rings is 1. The zero-order valence-corrected chi connectivity index (χ0v) is 13.8. The predicted octanol–water partition coefficient (Wildman–Crippen LogP) is 1.88. The van der Waals surface area contributed by atoms with E-state index in [4.69, 9.17) is 13.9 Å². The largest absolute Gasteiger partial charge is 0.483 e. The van der Waals surface area contributed by atoms with Crippen LogP contribution in [-0.4, -0.2) is 25.5 Å². The molecule has 1 aromatic heterocycles. The van der Waals surface area contributed by atoms with E-state index in [9.17, 15) is 9.59 Å². The van der Waals surface area contributed by atoms with Crippen molar-refractivity contribution in [3.05, 3.63) is 53.0 Å². The minimum Gasteiger partial charge on any atom is -0.483 e. The molecule has 24 heavy (non-hydrogen) atoms. The molecule has 0 saturated carbocycles. The number of rotatable bonds is 6. The van der Waals surface area contributed by atoms with Gasteiger partial charge in [-0.15, -0.1) is 0 Å². The van der Waals surface area contributed by atoms with Gasteiger partial charge in [-0.3, -0.25) is 20.4 Å². The Morgan fingerprint density at radius 1 is 1.12 bits per heavy atom. The van der Waals surface area contributed by atoms with E-state index in [1.165, 1.54) is 13.2 Å². The molecule has 2 N–H and O–H groups in total. The second kappa shape index (κ2) is 8.16. The molecule has 7 nitrogen and oxygen atoms in total. The summed E-state index contributed by atoms with van der Waals surface area (Å²) in [6.07, 6.45) is 0. The molecule has 0 fully saturated rings. The van der Waals surface area contributed by atoms with Gasteiger partial charge >= 0.3 is 5.91 Å². The summed E-state index contributed by atoms with van der Waals surface area (Å²) in [6.45, 7) is 3.89. The molecule has 2 rings (SSSR count). The average molecular weight is 332 g/mol. The van der Waals surface area contributed by atoms with Crippen molar-refractivity contribution in [2.24, 2.45) is 0 Å². The highest BCUT2D eigenvalue weighted by atomic mass is 16.5. The van der Waals surface area contributed by atoms with E-state index in [0.717, 1.165) is 11.1 Å². The van der Waals surface area contributed by atoms with Crippen molar-refractivity contribution in [1.82, 2.24) is 10.9 Å². The van der Waals surface area contributed by atoms with E-state index in [1.54, 1.807) is 6.07 Å². The molecule has 0 atom stereocenters. The Morgan fingerprint density at radius 2 is 1.92 bits per heavy atom. The predicted molar refractivity (Wildman–Crippen MR) is 86.4 cm³/mol. The number of carbonyl (C=O) groups is 2. The first-order chi connectivity index (χ1) is 11.5. The van der Waals surface area contributed by atoms with Gasteiger partial charge in [0.25, 0.3) is 5.91 Å². The van der Waals surface area contributed by atoms with Crippen LogP contribution in [-0.2, 0) is 16.1 Å². The number of ether oxygens (including phenoxy) is 2. The van der Waals surface area contributed by atoms with E-state index in [-0.39, 0.29) is 19.0 Å². The molecule has 0 unspecified atom stereocenters. The third kappa shape index (κ3) is 4.85. The van der Waals surface area contributed by atoms with Gasteiger partial charge in [0.2, 0.25) is 0 Å². The minimum atomic E-state index is -0.558. The molecule has 0 aliphatic rings. The zero-order chi connectivity index (χ0) is 17.5. The van der Waals surface area contributed by atoms with Crippen molar-refractivity contribution in [3.63, 3.8) is 0 Å². The van der Waals surface area contributed by atoms with E-state index in [2.05, 4.69) is 10.9 Å². The molecule has 7 heteroatoms. The van der Waals surface area contributed by atoms with Crippen molar-refractivity contribution in [2.75, 3.05) is 13.7 Å². The van der Waals surface area contributed by atoms with Gasteiger partial charge in [-0.05, 0) is 43.2 Å². The maximum atomic E-state index is 11.8. The van der Waals surface area contributed by atoms with E-state index in [0.29, 0.717) is 11.5 Å². The van der Waals surface area contributed by atoms with Gasteiger partial charge in [0.15, 0.2) is 12.4 Å². The van der Waals surface area contributed by atoms with Crippen LogP contribution in [0.25, 0.3) is 0 Å². The van der Waals surface area contributed by atoms with Crippen LogP contribution in [0.3, 0.4) is 0 Å². The molecule has 0 radical (unpaired) electrons. The Bertz CT molecular complexity index is 724. The highest BCUT2D eigenvalue weighted by Crippen LogP contribution is 2.18. The maximum Gasteiger partial charge on any atom is 0.305 e. The fourth-order valence-electron chi connectivity index (χ4n) is 1.95. The lowest BCUT2D eigenvalue weighted by Crippen LogP contribution is -2.43. The molecular formula is C17H20N2O5. The standard InChI is InChI=1S/C17H20N2O5/c1-11-4-5-12(2)15(8-11)23-10-16(20)18-19-17(21)14-7-6-13(24-14)9-22-3/h4-8H,9-10H2,1-3H3,(H,18,20)(H,19,21). The summed E-state index contributed by atoms with van der Waals surface area (Å²) in [5.74, 6) is 0.196. The molecule has 1 heterocycles. The highest BCUT2D eigenvalue weighted by Gasteiger charge is 2.12. The molecule has 2 aromatic rings. The number of furan rings is 1. The highest BCUT2D eigenvalue weighted by molar-refractivity contribution is 5.93. The molecule has 0 aliphatic heterocycles. The molecule has 128 valence electrons. The van der Waals surface area contributed by atoms with Crippen molar-refractivity contribution in [3.8, 4) is 5.75 Å². The number of nitrogens with one attached hydrogen (secondary N) is 2. The Balaban J connectivity index is 1.80. The Kier molecular flexibility index (Phi) is 5.97. The Hall–Kier alpha value is -2.80. The first kappa shape index (κ1) is 17.6. The van der Waals surface area contributed by atoms with Gasteiger partial charge in [0, 0.05) is 7.11 Å². The number of hydrogen-bond donors (Lipinski definition) is 2. The second-order valence-corrected chi connectivity index (χ2v) is 5.26. The SMILES string of the molecule is COCc1ccc(C(=O)NNC(=O)COc2cc(C)ccc2C)o1. The number of hydrogen-bond acceptors (Lipinski definition) is 5. The van der Waals surface area contributed by atoms with Gasteiger partial charge < -0.3 is 13.9 Å². The molecule has 0 spiro atoms.